The number of carbonyl (C=O) groups excluding carboxylic acids is 1. The maximum Gasteiger partial charge on any atom is 0.325 e. The summed E-state index contributed by atoms with van der Waals surface area (Å²) < 4.78 is 40.0. The summed E-state index contributed by atoms with van der Waals surface area (Å²) in [6.07, 6.45) is 1.53. The second-order valence-corrected chi connectivity index (χ2v) is 11.3. The number of esters is 1. The first-order valence-corrected chi connectivity index (χ1v) is 11.8. The molecular formula is C21H32N2O5S2. The van der Waals surface area contributed by atoms with Crippen molar-refractivity contribution in [1.29, 1.82) is 0 Å². The first-order chi connectivity index (χ1) is 13.5. The third-order valence-electron chi connectivity index (χ3n) is 4.98. The summed E-state index contributed by atoms with van der Waals surface area (Å²) in [5, 5.41) is 2.44. The van der Waals surface area contributed by atoms with Crippen LogP contribution in [0.3, 0.4) is 0 Å². The number of thiocarbonyl (C=S) groups is 1. The normalized spacial score (nSPS) is 15.6. The molecule has 0 atom stereocenters. The Morgan fingerprint density at radius 1 is 1.17 bits per heavy atom. The summed E-state index contributed by atoms with van der Waals surface area (Å²) >= 11 is 5.10. The molecule has 168 valence electrons. The molecule has 0 aliphatic carbocycles. The number of hydrogen-bond donors (Lipinski definition) is 2. The fourth-order valence-electron chi connectivity index (χ4n) is 3.49. The van der Waals surface area contributed by atoms with Gasteiger partial charge in [-0.1, -0.05) is 0 Å². The van der Waals surface area contributed by atoms with Crippen LogP contribution in [0.4, 0.5) is 0 Å². The third-order valence-corrected chi connectivity index (χ3v) is 6.97. The van der Waals surface area contributed by atoms with Gasteiger partial charge in [-0.05, 0) is 103 Å². The van der Waals surface area contributed by atoms with Crippen molar-refractivity contribution in [1.82, 2.24) is 10.0 Å². The lowest BCUT2D eigenvalue weighted by atomic mass is 9.88. The maximum absolute atomic E-state index is 13.1. The zero-order valence-corrected chi connectivity index (χ0v) is 20.6. The summed E-state index contributed by atoms with van der Waals surface area (Å²) in [6, 6.07) is 0. The molecule has 0 radical (unpaired) electrons. The molecule has 30 heavy (non-hydrogen) atoms. The molecule has 2 rings (SSSR count). The zero-order valence-electron chi connectivity index (χ0n) is 19.0. The average molecular weight is 457 g/mol. The highest BCUT2D eigenvalue weighted by Gasteiger charge is 2.33. The molecule has 0 fully saturated rings. The highest BCUT2D eigenvalue weighted by molar-refractivity contribution is 7.92. The summed E-state index contributed by atoms with van der Waals surface area (Å²) in [5.41, 5.74) is 2.06. The Hall–Kier alpha value is -1.87. The molecule has 2 N–H and O–H groups in total. The number of nitrogens with one attached hydrogen (secondary N) is 2. The van der Waals surface area contributed by atoms with Gasteiger partial charge in [0, 0.05) is 0 Å². The van der Waals surface area contributed by atoms with Gasteiger partial charge in [0.05, 0.1) is 4.90 Å². The number of sulfonamides is 1. The minimum absolute atomic E-state index is 0.160. The molecular weight excluding hydrogens is 424 g/mol. The molecule has 7 nitrogen and oxygen atoms in total. The SMILES string of the molecule is Cc1c(C)c(S(=O)(=O)NC(=S)NCC(=O)OC(C)(C)C)c(C)c2c1OC(C)(C)CC2. The molecule has 0 bridgehead atoms. The summed E-state index contributed by atoms with van der Waals surface area (Å²) in [7, 11) is -3.95. The van der Waals surface area contributed by atoms with Crippen LogP contribution in [-0.4, -0.2) is 37.2 Å². The average Bonchev–Trinajstić information content (AvgIpc) is 2.55. The third kappa shape index (κ3) is 5.63. The van der Waals surface area contributed by atoms with Gasteiger partial charge in [0.25, 0.3) is 10.0 Å². The summed E-state index contributed by atoms with van der Waals surface area (Å²) in [5.74, 6) is 0.242. The van der Waals surface area contributed by atoms with Gasteiger partial charge < -0.3 is 14.8 Å². The van der Waals surface area contributed by atoms with E-state index in [-0.39, 0.29) is 22.2 Å². The van der Waals surface area contributed by atoms with E-state index < -0.39 is 21.6 Å². The van der Waals surface area contributed by atoms with Gasteiger partial charge in [0.1, 0.15) is 23.5 Å². The molecule has 0 spiro atoms. The Bertz CT molecular complexity index is 976. The van der Waals surface area contributed by atoms with Crippen LogP contribution in [0, 0.1) is 20.8 Å². The molecule has 0 unspecified atom stereocenters. The van der Waals surface area contributed by atoms with Gasteiger partial charge in [-0.15, -0.1) is 0 Å². The highest BCUT2D eigenvalue weighted by Crippen LogP contribution is 2.42. The summed E-state index contributed by atoms with van der Waals surface area (Å²) in [6.45, 7) is 14.5. The lowest BCUT2D eigenvalue weighted by molar-refractivity contribution is -0.153. The number of hydrogen-bond acceptors (Lipinski definition) is 6. The second-order valence-electron chi connectivity index (χ2n) is 9.25. The van der Waals surface area contributed by atoms with E-state index in [1.807, 2.05) is 20.8 Å². The molecule has 9 heteroatoms. The van der Waals surface area contributed by atoms with E-state index in [0.717, 1.165) is 29.7 Å². The van der Waals surface area contributed by atoms with Gasteiger partial charge in [0.15, 0.2) is 5.11 Å². The van der Waals surface area contributed by atoms with E-state index in [2.05, 4.69) is 10.0 Å². The highest BCUT2D eigenvalue weighted by atomic mass is 32.2. The Balaban J connectivity index is 2.25. The standard InChI is InChI=1S/C21H32N2O5S2/c1-12-13(2)18(14(3)15-9-10-21(7,8)28-17(12)15)30(25,26)23-19(29)22-11-16(24)27-20(4,5)6/h9-11H2,1-8H3,(H2,22,23,29). The van der Waals surface area contributed by atoms with Crippen molar-refractivity contribution >= 4 is 33.3 Å². The smallest absolute Gasteiger partial charge is 0.325 e. The molecule has 1 aromatic rings. The van der Waals surface area contributed by atoms with Crippen molar-refractivity contribution in [3.05, 3.63) is 22.3 Å². The maximum atomic E-state index is 13.1. The molecule has 0 amide bonds. The van der Waals surface area contributed by atoms with Crippen molar-refractivity contribution in [2.24, 2.45) is 0 Å². The minimum atomic E-state index is -3.95. The number of carbonyl (C=O) groups is 1. The van der Waals surface area contributed by atoms with Crippen molar-refractivity contribution in [2.75, 3.05) is 6.54 Å². The Morgan fingerprint density at radius 3 is 2.33 bits per heavy atom. The molecule has 0 saturated carbocycles. The first kappa shape index (κ1) is 24.4. The molecule has 0 saturated heterocycles. The van der Waals surface area contributed by atoms with Gasteiger partial charge in [-0.25, -0.2) is 8.42 Å². The van der Waals surface area contributed by atoms with Gasteiger partial charge >= 0.3 is 5.97 Å². The van der Waals surface area contributed by atoms with E-state index in [9.17, 15) is 13.2 Å². The number of rotatable bonds is 4. The largest absolute Gasteiger partial charge is 0.487 e. The van der Waals surface area contributed by atoms with E-state index in [0.29, 0.717) is 11.1 Å². The second kappa shape index (κ2) is 8.34. The van der Waals surface area contributed by atoms with Crippen LogP contribution >= 0.6 is 12.2 Å². The van der Waals surface area contributed by atoms with Crippen molar-refractivity contribution in [2.45, 2.75) is 84.3 Å². The quantitative estimate of drug-likeness (QED) is 0.531. The Kier molecular flexibility index (Phi) is 6.78. The Labute approximate surface area is 185 Å². The van der Waals surface area contributed by atoms with Gasteiger partial charge in [0.2, 0.25) is 0 Å². The molecule has 1 heterocycles. The van der Waals surface area contributed by atoms with Crippen LogP contribution in [0.2, 0.25) is 0 Å². The van der Waals surface area contributed by atoms with Gasteiger partial charge in [-0.2, -0.15) is 0 Å². The van der Waals surface area contributed by atoms with Crippen LogP contribution in [0.25, 0.3) is 0 Å². The molecule has 1 aliphatic rings. The van der Waals surface area contributed by atoms with E-state index >= 15 is 0 Å². The van der Waals surface area contributed by atoms with Crippen molar-refractivity contribution in [3.63, 3.8) is 0 Å². The van der Waals surface area contributed by atoms with Crippen LogP contribution in [-0.2, 0) is 26.0 Å². The zero-order chi connectivity index (χ0) is 23.1. The number of fused-ring (bicyclic) bond motifs is 1. The van der Waals surface area contributed by atoms with Crippen LogP contribution in [0.15, 0.2) is 4.90 Å². The Morgan fingerprint density at radius 2 is 1.77 bits per heavy atom. The minimum Gasteiger partial charge on any atom is -0.487 e. The predicted molar refractivity (Wildman–Crippen MR) is 120 cm³/mol. The monoisotopic (exact) mass is 456 g/mol. The van der Waals surface area contributed by atoms with E-state index in [1.54, 1.807) is 34.6 Å². The fourth-order valence-corrected chi connectivity index (χ4v) is 5.39. The lowest BCUT2D eigenvalue weighted by Crippen LogP contribution is -2.43. The van der Waals surface area contributed by atoms with E-state index in [4.69, 9.17) is 21.7 Å². The van der Waals surface area contributed by atoms with Crippen molar-refractivity contribution in [3.8, 4) is 5.75 Å². The topological polar surface area (TPSA) is 93.7 Å². The molecule has 0 aromatic heterocycles. The lowest BCUT2D eigenvalue weighted by Gasteiger charge is -2.35. The number of ether oxygens (including phenoxy) is 2. The predicted octanol–water partition coefficient (Wildman–Crippen LogP) is 3.21. The molecule has 1 aromatic carbocycles. The van der Waals surface area contributed by atoms with E-state index in [1.165, 1.54) is 0 Å². The summed E-state index contributed by atoms with van der Waals surface area (Å²) in [4.78, 5) is 12.0. The number of benzene rings is 1. The fraction of sp³-hybridized carbons (Fsp3) is 0.619. The van der Waals surface area contributed by atoms with Crippen LogP contribution in [0.1, 0.15) is 63.3 Å². The molecule has 1 aliphatic heterocycles. The van der Waals surface area contributed by atoms with Crippen molar-refractivity contribution < 1.29 is 22.7 Å². The van der Waals surface area contributed by atoms with Gasteiger partial charge in [-0.3, -0.25) is 9.52 Å². The van der Waals surface area contributed by atoms with Crippen LogP contribution < -0.4 is 14.8 Å². The first-order valence-electron chi connectivity index (χ1n) is 9.88. The van der Waals surface area contributed by atoms with Crippen LogP contribution in [0.5, 0.6) is 5.75 Å².